The third kappa shape index (κ3) is 4.00. The Balaban J connectivity index is 1.95. The van der Waals surface area contributed by atoms with E-state index in [2.05, 4.69) is 30.0 Å². The third-order valence-electron chi connectivity index (χ3n) is 3.12. The minimum absolute atomic E-state index is 0.415. The lowest BCUT2D eigenvalue weighted by Crippen LogP contribution is -2.20. The predicted molar refractivity (Wildman–Crippen MR) is 69.1 cm³/mol. The second kappa shape index (κ2) is 6.01. The highest BCUT2D eigenvalue weighted by atomic mass is 16.5. The van der Waals surface area contributed by atoms with Crippen LogP contribution in [-0.4, -0.2) is 30.1 Å². The topological polar surface area (TPSA) is 25.4 Å². The van der Waals surface area contributed by atoms with Crippen LogP contribution in [0.4, 0.5) is 0 Å². The number of pyridine rings is 1. The van der Waals surface area contributed by atoms with Crippen molar-refractivity contribution >= 4 is 0 Å². The number of aromatic nitrogens is 1. The molecule has 1 aromatic heterocycles. The molecule has 0 spiro atoms. The number of hydrogen-bond acceptors (Lipinski definition) is 3. The molecule has 0 unspecified atom stereocenters. The Bertz CT molecular complexity index is 346. The van der Waals surface area contributed by atoms with Gasteiger partial charge in [0.2, 0.25) is 0 Å². The summed E-state index contributed by atoms with van der Waals surface area (Å²) < 4.78 is 6.02. The summed E-state index contributed by atoms with van der Waals surface area (Å²) in [5.74, 6) is 0.976. The van der Waals surface area contributed by atoms with Gasteiger partial charge in [0.15, 0.2) is 0 Å². The Labute approximate surface area is 104 Å². The minimum atomic E-state index is 0.415. The lowest BCUT2D eigenvalue weighted by atomic mass is 9.98. The van der Waals surface area contributed by atoms with Crippen molar-refractivity contribution < 1.29 is 4.74 Å². The van der Waals surface area contributed by atoms with Gasteiger partial charge in [0.05, 0.1) is 11.8 Å². The van der Waals surface area contributed by atoms with E-state index in [1.165, 1.54) is 32.1 Å². The number of rotatable bonds is 4. The van der Waals surface area contributed by atoms with E-state index in [9.17, 15) is 0 Å². The zero-order chi connectivity index (χ0) is 12.1. The van der Waals surface area contributed by atoms with Gasteiger partial charge in [0.1, 0.15) is 5.75 Å². The van der Waals surface area contributed by atoms with Gasteiger partial charge in [-0.25, -0.2) is 0 Å². The molecule has 1 saturated carbocycles. The first-order valence-electron chi connectivity index (χ1n) is 6.50. The number of nitrogens with zero attached hydrogens (tertiary/aromatic N) is 2. The van der Waals surface area contributed by atoms with Crippen LogP contribution in [0.2, 0.25) is 0 Å². The van der Waals surface area contributed by atoms with Gasteiger partial charge in [0.25, 0.3) is 0 Å². The van der Waals surface area contributed by atoms with Gasteiger partial charge in [-0.2, -0.15) is 0 Å². The zero-order valence-corrected chi connectivity index (χ0v) is 10.9. The van der Waals surface area contributed by atoms with Crippen LogP contribution in [-0.2, 0) is 6.54 Å². The van der Waals surface area contributed by atoms with E-state index in [0.717, 1.165) is 18.0 Å². The van der Waals surface area contributed by atoms with Crippen LogP contribution in [0.1, 0.15) is 37.8 Å². The first-order valence-corrected chi connectivity index (χ1v) is 6.50. The molecule has 0 radical (unpaired) electrons. The highest BCUT2D eigenvalue weighted by Gasteiger charge is 2.14. The van der Waals surface area contributed by atoms with Gasteiger partial charge in [-0.3, -0.25) is 4.98 Å². The average molecular weight is 234 g/mol. The second-order valence-corrected chi connectivity index (χ2v) is 5.10. The lowest BCUT2D eigenvalue weighted by Gasteiger charge is -2.23. The largest absolute Gasteiger partial charge is 0.490 e. The monoisotopic (exact) mass is 234 g/mol. The quantitative estimate of drug-likeness (QED) is 0.801. The van der Waals surface area contributed by atoms with E-state index in [0.29, 0.717) is 6.10 Å². The van der Waals surface area contributed by atoms with Crippen LogP contribution in [0.5, 0.6) is 5.75 Å². The van der Waals surface area contributed by atoms with E-state index in [1.54, 1.807) is 0 Å². The van der Waals surface area contributed by atoms with Crippen LogP contribution >= 0.6 is 0 Å². The number of hydrogen-bond donors (Lipinski definition) is 0. The molecule has 0 aliphatic heterocycles. The van der Waals surface area contributed by atoms with E-state index >= 15 is 0 Å². The molecule has 0 N–H and O–H groups in total. The van der Waals surface area contributed by atoms with Crippen LogP contribution < -0.4 is 4.74 Å². The smallest absolute Gasteiger partial charge is 0.123 e. The molecule has 1 aliphatic rings. The van der Waals surface area contributed by atoms with Gasteiger partial charge >= 0.3 is 0 Å². The standard InChI is InChI=1S/C14H22N2O/c1-16(2)11-12-10-14(8-9-15-12)17-13-6-4-3-5-7-13/h8-10,13H,3-7,11H2,1-2H3. The normalized spacial score (nSPS) is 17.4. The maximum Gasteiger partial charge on any atom is 0.123 e. The molecule has 1 fully saturated rings. The summed E-state index contributed by atoms with van der Waals surface area (Å²) in [6.45, 7) is 0.863. The molecule has 0 amide bonds. The Hall–Kier alpha value is -1.09. The summed E-state index contributed by atoms with van der Waals surface area (Å²) >= 11 is 0. The molecule has 1 aliphatic carbocycles. The van der Waals surface area contributed by atoms with Crippen molar-refractivity contribution in [2.24, 2.45) is 0 Å². The summed E-state index contributed by atoms with van der Waals surface area (Å²) in [4.78, 5) is 6.47. The third-order valence-corrected chi connectivity index (χ3v) is 3.12. The summed E-state index contributed by atoms with van der Waals surface area (Å²) in [6.07, 6.45) is 8.63. The average Bonchev–Trinajstić information content (AvgIpc) is 2.30. The van der Waals surface area contributed by atoms with Crippen molar-refractivity contribution in [2.75, 3.05) is 14.1 Å². The molecule has 1 heterocycles. The molecule has 0 saturated heterocycles. The van der Waals surface area contributed by atoms with E-state index in [1.807, 2.05) is 12.3 Å². The second-order valence-electron chi connectivity index (χ2n) is 5.10. The first-order chi connectivity index (χ1) is 8.24. The fourth-order valence-corrected chi connectivity index (χ4v) is 2.32. The fraction of sp³-hybridized carbons (Fsp3) is 0.643. The van der Waals surface area contributed by atoms with Gasteiger partial charge < -0.3 is 9.64 Å². The highest BCUT2D eigenvalue weighted by molar-refractivity contribution is 5.22. The van der Waals surface area contributed by atoms with E-state index in [-0.39, 0.29) is 0 Å². The molecule has 2 rings (SSSR count). The van der Waals surface area contributed by atoms with Crippen molar-refractivity contribution in [1.29, 1.82) is 0 Å². The molecule has 0 bridgehead atoms. The molecular weight excluding hydrogens is 212 g/mol. The van der Waals surface area contributed by atoms with Crippen LogP contribution in [0.25, 0.3) is 0 Å². The van der Waals surface area contributed by atoms with Gasteiger partial charge in [-0.05, 0) is 45.8 Å². The van der Waals surface area contributed by atoms with E-state index in [4.69, 9.17) is 4.74 Å². The van der Waals surface area contributed by atoms with Crippen LogP contribution in [0, 0.1) is 0 Å². The Morgan fingerprint density at radius 2 is 2.06 bits per heavy atom. The summed E-state index contributed by atoms with van der Waals surface area (Å²) in [5.41, 5.74) is 1.07. The summed E-state index contributed by atoms with van der Waals surface area (Å²) in [7, 11) is 4.10. The maximum atomic E-state index is 6.02. The van der Waals surface area contributed by atoms with Gasteiger partial charge in [0, 0.05) is 18.8 Å². The van der Waals surface area contributed by atoms with Crippen LogP contribution in [0.15, 0.2) is 18.3 Å². The van der Waals surface area contributed by atoms with E-state index < -0.39 is 0 Å². The Morgan fingerprint density at radius 1 is 1.29 bits per heavy atom. The summed E-state index contributed by atoms with van der Waals surface area (Å²) in [6, 6.07) is 4.03. The molecule has 0 atom stereocenters. The van der Waals surface area contributed by atoms with Crippen molar-refractivity contribution in [3.05, 3.63) is 24.0 Å². The SMILES string of the molecule is CN(C)Cc1cc(OC2CCCCC2)ccn1. The van der Waals surface area contributed by atoms with Crippen molar-refractivity contribution in [3.63, 3.8) is 0 Å². The Kier molecular flexibility index (Phi) is 4.37. The molecule has 17 heavy (non-hydrogen) atoms. The van der Waals surface area contributed by atoms with Crippen molar-refractivity contribution in [2.45, 2.75) is 44.8 Å². The maximum absolute atomic E-state index is 6.02. The minimum Gasteiger partial charge on any atom is -0.490 e. The predicted octanol–water partition coefficient (Wildman–Crippen LogP) is 2.85. The number of ether oxygens (including phenoxy) is 1. The van der Waals surface area contributed by atoms with Gasteiger partial charge in [-0.1, -0.05) is 6.42 Å². The fourth-order valence-electron chi connectivity index (χ4n) is 2.32. The highest BCUT2D eigenvalue weighted by Crippen LogP contribution is 2.23. The molecule has 1 aromatic rings. The lowest BCUT2D eigenvalue weighted by molar-refractivity contribution is 0.154. The molecular formula is C14H22N2O. The Morgan fingerprint density at radius 3 is 2.76 bits per heavy atom. The van der Waals surface area contributed by atoms with Crippen molar-refractivity contribution in [1.82, 2.24) is 9.88 Å². The zero-order valence-electron chi connectivity index (χ0n) is 10.9. The van der Waals surface area contributed by atoms with Gasteiger partial charge in [-0.15, -0.1) is 0 Å². The first kappa shape index (κ1) is 12.4. The van der Waals surface area contributed by atoms with Crippen LogP contribution in [0.3, 0.4) is 0 Å². The van der Waals surface area contributed by atoms with Crippen molar-refractivity contribution in [3.8, 4) is 5.75 Å². The summed E-state index contributed by atoms with van der Waals surface area (Å²) in [5, 5.41) is 0. The molecule has 3 heteroatoms. The molecule has 94 valence electrons. The molecule has 3 nitrogen and oxygen atoms in total. The molecule has 0 aromatic carbocycles.